The van der Waals surface area contributed by atoms with Gasteiger partial charge in [0.15, 0.2) is 0 Å². The van der Waals surface area contributed by atoms with Crippen LogP contribution in [-0.2, 0) is 31.9 Å². The van der Waals surface area contributed by atoms with Crippen LogP contribution in [0.25, 0.3) is 0 Å². The second kappa shape index (κ2) is 6.65. The quantitative estimate of drug-likeness (QED) is 0.790. The molecule has 24 heavy (non-hydrogen) atoms. The molecule has 0 atom stereocenters. The molecule has 0 spiro atoms. The summed E-state index contributed by atoms with van der Waals surface area (Å²) in [6, 6.07) is 5.65. The van der Waals surface area contributed by atoms with E-state index in [1.165, 1.54) is 25.2 Å². The van der Waals surface area contributed by atoms with E-state index in [0.717, 1.165) is 17.1 Å². The molecule has 0 fully saturated rings. The van der Waals surface area contributed by atoms with E-state index in [4.69, 9.17) is 0 Å². The van der Waals surface area contributed by atoms with Crippen LogP contribution >= 0.6 is 0 Å². The van der Waals surface area contributed by atoms with Crippen molar-refractivity contribution in [2.75, 3.05) is 30.3 Å². The molecule has 0 radical (unpaired) electrons. The summed E-state index contributed by atoms with van der Waals surface area (Å²) in [5.74, 6) is -0.401. The van der Waals surface area contributed by atoms with Gasteiger partial charge in [-0.25, -0.2) is 21.1 Å². The fourth-order valence-electron chi connectivity index (χ4n) is 2.95. The van der Waals surface area contributed by atoms with Crippen molar-refractivity contribution in [2.45, 2.75) is 38.5 Å². The maximum Gasteiger partial charge on any atom is 0.232 e. The zero-order chi connectivity index (χ0) is 18.2. The normalized spacial score (nSPS) is 17.0. The minimum absolute atomic E-state index is 0.0633. The Morgan fingerprint density at radius 3 is 2.42 bits per heavy atom. The van der Waals surface area contributed by atoms with Gasteiger partial charge in [-0.1, -0.05) is 19.9 Å². The lowest BCUT2D eigenvalue weighted by Crippen LogP contribution is -2.27. The van der Waals surface area contributed by atoms with E-state index in [-0.39, 0.29) is 23.3 Å². The summed E-state index contributed by atoms with van der Waals surface area (Å²) in [6.07, 6.45) is 2.06. The van der Waals surface area contributed by atoms with Crippen LogP contribution in [0.5, 0.6) is 0 Å². The summed E-state index contributed by atoms with van der Waals surface area (Å²) in [5, 5.41) is 0. The predicted octanol–water partition coefficient (Wildman–Crippen LogP) is 1.93. The van der Waals surface area contributed by atoms with E-state index in [1.807, 2.05) is 12.1 Å². The molecule has 0 saturated heterocycles. The van der Waals surface area contributed by atoms with E-state index in [2.05, 4.69) is 18.6 Å². The highest BCUT2D eigenvalue weighted by molar-refractivity contribution is 7.92. The van der Waals surface area contributed by atoms with Gasteiger partial charge in [0.25, 0.3) is 0 Å². The number of aryl methyl sites for hydroxylation is 1. The van der Waals surface area contributed by atoms with Crippen molar-refractivity contribution in [3.63, 3.8) is 0 Å². The van der Waals surface area contributed by atoms with Crippen LogP contribution in [0, 0.1) is 0 Å². The number of sulfonamides is 2. The van der Waals surface area contributed by atoms with Gasteiger partial charge in [0, 0.05) is 19.8 Å². The molecule has 0 heterocycles. The Labute approximate surface area is 145 Å². The number of nitrogens with one attached hydrogen (secondary N) is 1. The monoisotopic (exact) mass is 374 g/mol. The molecule has 1 aliphatic carbocycles. The average Bonchev–Trinajstić information content (AvgIpc) is 2.73. The first kappa shape index (κ1) is 19.2. The zero-order valence-electron chi connectivity index (χ0n) is 14.7. The summed E-state index contributed by atoms with van der Waals surface area (Å²) in [5.41, 5.74) is 3.12. The zero-order valence-corrected chi connectivity index (χ0v) is 16.3. The van der Waals surface area contributed by atoms with Gasteiger partial charge < -0.3 is 0 Å². The molecule has 0 amide bonds. The third-order valence-electron chi connectivity index (χ3n) is 4.50. The Bertz CT molecular complexity index is 812. The molecule has 1 aromatic carbocycles. The Balaban J connectivity index is 2.00. The van der Waals surface area contributed by atoms with Crippen molar-refractivity contribution in [3.8, 4) is 0 Å². The van der Waals surface area contributed by atoms with Crippen LogP contribution in [0.15, 0.2) is 18.2 Å². The molecule has 0 saturated carbocycles. The maximum atomic E-state index is 12.2. The molecule has 0 bridgehead atoms. The van der Waals surface area contributed by atoms with Crippen LogP contribution in [-0.4, -0.2) is 46.7 Å². The van der Waals surface area contributed by atoms with Crippen molar-refractivity contribution < 1.29 is 16.8 Å². The average molecular weight is 375 g/mol. The van der Waals surface area contributed by atoms with E-state index in [9.17, 15) is 16.8 Å². The number of nitrogens with zero attached hydrogens (tertiary/aromatic N) is 1. The molecule has 136 valence electrons. The minimum Gasteiger partial charge on any atom is -0.284 e. The third-order valence-corrected chi connectivity index (χ3v) is 7.79. The van der Waals surface area contributed by atoms with Crippen molar-refractivity contribution in [2.24, 2.45) is 0 Å². The smallest absolute Gasteiger partial charge is 0.232 e. The largest absolute Gasteiger partial charge is 0.284 e. The number of fused-ring (bicyclic) bond motifs is 1. The third kappa shape index (κ3) is 4.49. The highest BCUT2D eigenvalue weighted by Crippen LogP contribution is 2.39. The van der Waals surface area contributed by atoms with Crippen molar-refractivity contribution in [3.05, 3.63) is 29.3 Å². The molecular formula is C16H26N2O4S2. The molecule has 6 nitrogen and oxygen atoms in total. The second-order valence-corrected chi connectivity index (χ2v) is 11.3. The van der Waals surface area contributed by atoms with E-state index < -0.39 is 20.0 Å². The fraction of sp³-hybridized carbons (Fsp3) is 0.625. The molecule has 0 unspecified atom stereocenters. The Hall–Kier alpha value is -1.12. The lowest BCUT2D eigenvalue weighted by atomic mass is 9.87. The summed E-state index contributed by atoms with van der Waals surface area (Å²) < 4.78 is 51.3. The number of hydrogen-bond acceptors (Lipinski definition) is 4. The van der Waals surface area contributed by atoms with Crippen molar-refractivity contribution in [1.82, 2.24) is 4.31 Å². The molecule has 0 aliphatic heterocycles. The summed E-state index contributed by atoms with van der Waals surface area (Å²) in [7, 11) is -4.06. The van der Waals surface area contributed by atoms with Crippen LogP contribution in [0.2, 0.25) is 0 Å². The molecule has 1 N–H and O–H groups in total. The highest BCUT2D eigenvalue weighted by Gasteiger charge is 2.29. The van der Waals surface area contributed by atoms with Gasteiger partial charge in [0.05, 0.1) is 11.5 Å². The SMILES string of the molecule is CN(C)S(=O)(=O)CCCS(=O)(=O)Nc1ccc2c(c1)CCC2(C)C. The molecule has 1 aromatic rings. The van der Waals surface area contributed by atoms with E-state index in [0.29, 0.717) is 5.69 Å². The topological polar surface area (TPSA) is 83.6 Å². The second-order valence-electron chi connectivity index (χ2n) is 7.13. The highest BCUT2D eigenvalue weighted by atomic mass is 32.2. The first-order chi connectivity index (χ1) is 10.9. The van der Waals surface area contributed by atoms with Crippen LogP contribution in [0.3, 0.4) is 0 Å². The standard InChI is InChI=1S/C16H26N2O4S2/c1-16(2)9-8-13-12-14(6-7-15(13)16)17-23(19,20)10-5-11-24(21,22)18(3)4/h6-7,12,17H,5,8-11H2,1-4H3. The number of rotatable bonds is 7. The number of benzene rings is 1. The van der Waals surface area contributed by atoms with Crippen molar-refractivity contribution in [1.29, 1.82) is 0 Å². The maximum absolute atomic E-state index is 12.2. The Kier molecular flexibility index (Phi) is 5.32. The van der Waals surface area contributed by atoms with Crippen LogP contribution < -0.4 is 4.72 Å². The van der Waals surface area contributed by atoms with Gasteiger partial charge in [0.2, 0.25) is 20.0 Å². The van der Waals surface area contributed by atoms with E-state index >= 15 is 0 Å². The molecular weight excluding hydrogens is 348 g/mol. The Morgan fingerprint density at radius 2 is 1.79 bits per heavy atom. The van der Waals surface area contributed by atoms with Crippen LogP contribution in [0.1, 0.15) is 37.8 Å². The lowest BCUT2D eigenvalue weighted by molar-refractivity contribution is 0.519. The van der Waals surface area contributed by atoms with Crippen molar-refractivity contribution >= 4 is 25.7 Å². The van der Waals surface area contributed by atoms with E-state index in [1.54, 1.807) is 6.07 Å². The molecule has 8 heteroatoms. The molecule has 2 rings (SSSR count). The number of anilines is 1. The van der Waals surface area contributed by atoms with Crippen LogP contribution in [0.4, 0.5) is 5.69 Å². The minimum atomic E-state index is -3.56. The summed E-state index contributed by atoms with van der Waals surface area (Å²) in [6.45, 7) is 4.38. The van der Waals surface area contributed by atoms with Gasteiger partial charge >= 0.3 is 0 Å². The van der Waals surface area contributed by atoms with Gasteiger partial charge in [0.1, 0.15) is 0 Å². The van der Waals surface area contributed by atoms with Gasteiger partial charge in [-0.05, 0) is 47.9 Å². The summed E-state index contributed by atoms with van der Waals surface area (Å²) in [4.78, 5) is 0. The van der Waals surface area contributed by atoms with Gasteiger partial charge in [-0.15, -0.1) is 0 Å². The summed E-state index contributed by atoms with van der Waals surface area (Å²) >= 11 is 0. The molecule has 1 aliphatic rings. The fourth-order valence-corrected chi connectivity index (χ4v) is 5.12. The predicted molar refractivity (Wildman–Crippen MR) is 97.3 cm³/mol. The van der Waals surface area contributed by atoms with Gasteiger partial charge in [-0.2, -0.15) is 0 Å². The first-order valence-electron chi connectivity index (χ1n) is 7.97. The first-order valence-corrected chi connectivity index (χ1v) is 11.2. The number of hydrogen-bond donors (Lipinski definition) is 1. The Morgan fingerprint density at radius 1 is 1.12 bits per heavy atom. The van der Waals surface area contributed by atoms with Gasteiger partial charge in [-0.3, -0.25) is 4.72 Å². The molecule has 0 aromatic heterocycles. The lowest BCUT2D eigenvalue weighted by Gasteiger charge is -2.19.